The van der Waals surface area contributed by atoms with Crippen molar-refractivity contribution in [1.29, 1.82) is 0 Å². The summed E-state index contributed by atoms with van der Waals surface area (Å²) in [6.45, 7) is 7.05. The first-order chi connectivity index (χ1) is 5.81. The Morgan fingerprint density at radius 3 is 2.08 bits per heavy atom. The normalized spacial score (nSPS) is 33.8. The highest BCUT2D eigenvalue weighted by Crippen LogP contribution is 2.51. The molecule has 0 aromatic carbocycles. The molecule has 0 heterocycles. The summed E-state index contributed by atoms with van der Waals surface area (Å²) in [5.41, 5.74) is 0. The minimum absolute atomic E-state index is 1.06. The molecule has 0 saturated heterocycles. The van der Waals surface area contributed by atoms with Gasteiger partial charge in [0, 0.05) is 0 Å². The van der Waals surface area contributed by atoms with Crippen molar-refractivity contribution < 1.29 is 0 Å². The Balaban J connectivity index is 2.03. The molecule has 0 aromatic heterocycles. The molecule has 1 fully saturated rings. The topological polar surface area (TPSA) is 0 Å². The molecule has 3 atom stereocenters. The zero-order valence-electron chi connectivity index (χ0n) is 8.97. The highest BCUT2D eigenvalue weighted by Gasteiger charge is 2.44. The van der Waals surface area contributed by atoms with Gasteiger partial charge in [-0.15, -0.1) is 0 Å². The highest BCUT2D eigenvalue weighted by atomic mass is 14.5. The van der Waals surface area contributed by atoms with Gasteiger partial charge in [-0.05, 0) is 24.2 Å². The van der Waals surface area contributed by atoms with Gasteiger partial charge in [-0.2, -0.15) is 0 Å². The predicted octanol–water partition coefficient (Wildman–Crippen LogP) is 4.25. The summed E-state index contributed by atoms with van der Waals surface area (Å²) in [4.78, 5) is 0. The van der Waals surface area contributed by atoms with E-state index in [0.29, 0.717) is 0 Å². The number of unbranched alkanes of at least 4 members (excludes halogenated alkanes) is 2. The minimum atomic E-state index is 1.06. The van der Waals surface area contributed by atoms with Gasteiger partial charge in [0.05, 0.1) is 0 Å². The Morgan fingerprint density at radius 2 is 1.50 bits per heavy atom. The third kappa shape index (κ3) is 2.50. The molecular formula is C12H24. The van der Waals surface area contributed by atoms with Crippen molar-refractivity contribution in [3.63, 3.8) is 0 Å². The summed E-state index contributed by atoms with van der Waals surface area (Å²) in [6, 6.07) is 0. The van der Waals surface area contributed by atoms with Gasteiger partial charge in [-0.25, -0.2) is 0 Å². The van der Waals surface area contributed by atoms with E-state index in [1.54, 1.807) is 0 Å². The van der Waals surface area contributed by atoms with E-state index in [-0.39, 0.29) is 0 Å². The van der Waals surface area contributed by atoms with Crippen molar-refractivity contribution in [2.45, 2.75) is 59.3 Å². The summed E-state index contributed by atoms with van der Waals surface area (Å²) in [6.07, 6.45) is 8.68. The van der Waals surface area contributed by atoms with Crippen molar-refractivity contribution in [3.05, 3.63) is 0 Å². The fraction of sp³-hybridized carbons (Fsp3) is 1.00. The van der Waals surface area contributed by atoms with Gasteiger partial charge in [0.1, 0.15) is 0 Å². The van der Waals surface area contributed by atoms with Crippen molar-refractivity contribution >= 4 is 0 Å². The second kappa shape index (κ2) is 4.89. The van der Waals surface area contributed by atoms with Crippen molar-refractivity contribution in [3.8, 4) is 0 Å². The monoisotopic (exact) mass is 168 g/mol. The largest absolute Gasteiger partial charge is 0.0654 e. The molecule has 12 heavy (non-hydrogen) atoms. The van der Waals surface area contributed by atoms with E-state index in [1.165, 1.54) is 38.5 Å². The van der Waals surface area contributed by atoms with Crippen LogP contribution in [0.5, 0.6) is 0 Å². The molecular weight excluding hydrogens is 144 g/mol. The zero-order valence-corrected chi connectivity index (χ0v) is 8.97. The smallest absolute Gasteiger partial charge is 0.0355 e. The minimum Gasteiger partial charge on any atom is -0.0654 e. The molecule has 0 heteroatoms. The third-order valence-corrected chi connectivity index (χ3v) is 3.52. The Morgan fingerprint density at radius 1 is 0.833 bits per heavy atom. The molecule has 0 N–H and O–H groups in total. The molecule has 1 aliphatic carbocycles. The standard InChI is InChI=1S/C12H24/c1-4-6-7-9-12-10(3)11(12)8-5-2/h10-12H,4-9H2,1-3H3. The number of rotatable bonds is 6. The lowest BCUT2D eigenvalue weighted by atomic mass is 10.1. The molecule has 72 valence electrons. The average Bonchev–Trinajstić information content (AvgIpc) is 2.65. The fourth-order valence-corrected chi connectivity index (χ4v) is 2.55. The van der Waals surface area contributed by atoms with Gasteiger partial charge < -0.3 is 0 Å². The molecule has 3 unspecified atom stereocenters. The van der Waals surface area contributed by atoms with E-state index in [4.69, 9.17) is 0 Å². The lowest BCUT2D eigenvalue weighted by Crippen LogP contribution is -1.83. The van der Waals surface area contributed by atoms with Gasteiger partial charge >= 0.3 is 0 Å². The zero-order chi connectivity index (χ0) is 8.97. The summed E-state index contributed by atoms with van der Waals surface area (Å²) in [7, 11) is 0. The second-order valence-electron chi connectivity index (χ2n) is 4.47. The average molecular weight is 168 g/mol. The first kappa shape index (κ1) is 10.1. The van der Waals surface area contributed by atoms with E-state index in [2.05, 4.69) is 20.8 Å². The molecule has 0 aliphatic heterocycles. The quantitative estimate of drug-likeness (QED) is 0.520. The maximum absolute atomic E-state index is 2.44. The first-order valence-electron chi connectivity index (χ1n) is 5.81. The van der Waals surface area contributed by atoms with Crippen molar-refractivity contribution in [1.82, 2.24) is 0 Å². The molecule has 0 nitrogen and oxygen atoms in total. The van der Waals surface area contributed by atoms with Gasteiger partial charge in [0.25, 0.3) is 0 Å². The lowest BCUT2D eigenvalue weighted by molar-refractivity contribution is 0.558. The van der Waals surface area contributed by atoms with Gasteiger partial charge in [-0.1, -0.05) is 52.9 Å². The van der Waals surface area contributed by atoms with Crippen LogP contribution in [0.1, 0.15) is 59.3 Å². The van der Waals surface area contributed by atoms with Crippen molar-refractivity contribution in [2.24, 2.45) is 17.8 Å². The molecule has 0 spiro atoms. The summed E-state index contributed by atoms with van der Waals surface area (Å²) in [5.74, 6) is 3.27. The van der Waals surface area contributed by atoms with Crippen LogP contribution in [0.3, 0.4) is 0 Å². The summed E-state index contributed by atoms with van der Waals surface area (Å²) < 4.78 is 0. The molecule has 1 rings (SSSR count). The van der Waals surface area contributed by atoms with Crippen molar-refractivity contribution in [2.75, 3.05) is 0 Å². The number of hydrogen-bond donors (Lipinski definition) is 0. The van der Waals surface area contributed by atoms with Crippen LogP contribution in [0.25, 0.3) is 0 Å². The SMILES string of the molecule is CCCCCC1C(C)C1CCC. The van der Waals surface area contributed by atoms with Crippen LogP contribution in [-0.2, 0) is 0 Å². The Labute approximate surface area is 77.7 Å². The van der Waals surface area contributed by atoms with Crippen LogP contribution in [0.2, 0.25) is 0 Å². The van der Waals surface area contributed by atoms with Gasteiger partial charge in [0.15, 0.2) is 0 Å². The Hall–Kier alpha value is 0. The maximum atomic E-state index is 2.44. The highest BCUT2D eigenvalue weighted by molar-refractivity contribution is 4.93. The van der Waals surface area contributed by atoms with E-state index < -0.39 is 0 Å². The molecule has 1 saturated carbocycles. The van der Waals surface area contributed by atoms with E-state index in [1.807, 2.05) is 0 Å². The van der Waals surface area contributed by atoms with Crippen LogP contribution in [0.15, 0.2) is 0 Å². The lowest BCUT2D eigenvalue weighted by Gasteiger charge is -1.97. The molecule has 0 aromatic rings. The predicted molar refractivity (Wildman–Crippen MR) is 55.2 cm³/mol. The van der Waals surface area contributed by atoms with Gasteiger partial charge in [-0.3, -0.25) is 0 Å². The second-order valence-corrected chi connectivity index (χ2v) is 4.47. The Kier molecular flexibility index (Phi) is 4.11. The van der Waals surface area contributed by atoms with E-state index in [9.17, 15) is 0 Å². The summed E-state index contributed by atoms with van der Waals surface area (Å²) >= 11 is 0. The summed E-state index contributed by atoms with van der Waals surface area (Å²) in [5, 5.41) is 0. The molecule has 0 bridgehead atoms. The molecule has 1 aliphatic rings. The van der Waals surface area contributed by atoms with Crippen LogP contribution in [0, 0.1) is 17.8 Å². The van der Waals surface area contributed by atoms with Crippen LogP contribution < -0.4 is 0 Å². The maximum Gasteiger partial charge on any atom is -0.0355 e. The first-order valence-corrected chi connectivity index (χ1v) is 5.81. The third-order valence-electron chi connectivity index (χ3n) is 3.52. The number of hydrogen-bond acceptors (Lipinski definition) is 0. The Bertz CT molecular complexity index is 117. The molecule has 0 amide bonds. The molecule has 0 radical (unpaired) electrons. The van der Waals surface area contributed by atoms with E-state index >= 15 is 0 Å². The van der Waals surface area contributed by atoms with Crippen LogP contribution >= 0.6 is 0 Å². The van der Waals surface area contributed by atoms with E-state index in [0.717, 1.165) is 17.8 Å². The van der Waals surface area contributed by atoms with Crippen LogP contribution in [-0.4, -0.2) is 0 Å². The van der Waals surface area contributed by atoms with Crippen LogP contribution in [0.4, 0.5) is 0 Å². The fourth-order valence-electron chi connectivity index (χ4n) is 2.55. The van der Waals surface area contributed by atoms with Gasteiger partial charge in [0.2, 0.25) is 0 Å².